The number of rotatable bonds is 5. The molecule has 1 amide bonds. The van der Waals surface area contributed by atoms with Crippen LogP contribution in [0.15, 0.2) is 87.5 Å². The van der Waals surface area contributed by atoms with Gasteiger partial charge in [-0.05, 0) is 30.3 Å². The standard InChI is InChI=1S/C20H15F3N2O2S/c21-20(22,23)14-10-11-19(27)25(12-14)13-18(26)24-16-8-4-5-9-17(16)28-15-6-2-1-3-7-15/h1-12H,13H2,(H,24,26). The van der Waals surface area contributed by atoms with E-state index in [0.717, 1.165) is 20.4 Å². The Labute approximate surface area is 163 Å². The topological polar surface area (TPSA) is 51.1 Å². The van der Waals surface area contributed by atoms with Crippen LogP contribution in [-0.4, -0.2) is 10.5 Å². The molecule has 0 radical (unpaired) electrons. The number of hydrogen-bond donors (Lipinski definition) is 1. The average molecular weight is 404 g/mol. The highest BCUT2D eigenvalue weighted by atomic mass is 32.2. The summed E-state index contributed by atoms with van der Waals surface area (Å²) in [4.78, 5) is 25.9. The van der Waals surface area contributed by atoms with Crippen LogP contribution in [0.5, 0.6) is 0 Å². The molecule has 1 N–H and O–H groups in total. The smallest absolute Gasteiger partial charge is 0.324 e. The number of para-hydroxylation sites is 1. The van der Waals surface area contributed by atoms with Gasteiger partial charge in [0.15, 0.2) is 0 Å². The van der Waals surface area contributed by atoms with Crippen molar-refractivity contribution >= 4 is 23.4 Å². The predicted molar refractivity (Wildman–Crippen MR) is 101 cm³/mol. The maximum atomic E-state index is 12.8. The number of aromatic nitrogens is 1. The second kappa shape index (κ2) is 8.35. The summed E-state index contributed by atoms with van der Waals surface area (Å²) < 4.78 is 39.2. The van der Waals surface area contributed by atoms with Crippen LogP contribution in [-0.2, 0) is 17.5 Å². The Bertz CT molecular complexity index is 1030. The van der Waals surface area contributed by atoms with Crippen LogP contribution in [0.25, 0.3) is 0 Å². The lowest BCUT2D eigenvalue weighted by Gasteiger charge is -2.13. The number of nitrogens with one attached hydrogen (secondary N) is 1. The Balaban J connectivity index is 1.77. The van der Waals surface area contributed by atoms with E-state index in [-0.39, 0.29) is 0 Å². The fourth-order valence-corrected chi connectivity index (χ4v) is 3.36. The molecule has 0 saturated carbocycles. The molecular weight excluding hydrogens is 389 g/mol. The first-order valence-electron chi connectivity index (χ1n) is 8.22. The number of nitrogens with zero attached hydrogens (tertiary/aromatic N) is 1. The predicted octanol–water partition coefficient (Wildman–Crippen LogP) is 4.66. The Kier molecular flexibility index (Phi) is 5.89. The van der Waals surface area contributed by atoms with Crippen molar-refractivity contribution in [2.75, 3.05) is 5.32 Å². The first-order valence-corrected chi connectivity index (χ1v) is 9.04. The van der Waals surface area contributed by atoms with E-state index in [1.807, 2.05) is 42.5 Å². The molecule has 0 aliphatic carbocycles. The summed E-state index contributed by atoms with van der Waals surface area (Å²) in [7, 11) is 0. The Morgan fingerprint density at radius 1 is 0.964 bits per heavy atom. The van der Waals surface area contributed by atoms with Gasteiger partial charge in [-0.2, -0.15) is 13.2 Å². The van der Waals surface area contributed by atoms with E-state index in [0.29, 0.717) is 18.0 Å². The van der Waals surface area contributed by atoms with Gasteiger partial charge in [0.05, 0.1) is 11.3 Å². The van der Waals surface area contributed by atoms with Gasteiger partial charge in [-0.25, -0.2) is 0 Å². The molecule has 0 saturated heterocycles. The van der Waals surface area contributed by atoms with Crippen molar-refractivity contribution in [1.29, 1.82) is 0 Å². The van der Waals surface area contributed by atoms with Gasteiger partial charge in [-0.1, -0.05) is 42.1 Å². The second-order valence-electron chi connectivity index (χ2n) is 5.84. The number of anilines is 1. The number of alkyl halides is 3. The molecule has 28 heavy (non-hydrogen) atoms. The molecular formula is C20H15F3N2O2S. The Hall–Kier alpha value is -3.00. The molecule has 3 rings (SSSR count). The third-order valence-electron chi connectivity index (χ3n) is 3.76. The van der Waals surface area contributed by atoms with E-state index in [4.69, 9.17) is 0 Å². The summed E-state index contributed by atoms with van der Waals surface area (Å²) in [5.74, 6) is -0.595. The summed E-state index contributed by atoms with van der Waals surface area (Å²) >= 11 is 1.44. The minimum absolute atomic E-state index is 0.515. The van der Waals surface area contributed by atoms with Gasteiger partial charge in [0, 0.05) is 22.1 Å². The molecule has 1 aromatic heterocycles. The molecule has 0 unspecified atom stereocenters. The molecule has 2 aromatic carbocycles. The molecule has 0 bridgehead atoms. The van der Waals surface area contributed by atoms with Crippen molar-refractivity contribution in [3.63, 3.8) is 0 Å². The SMILES string of the molecule is O=C(Cn1cc(C(F)(F)F)ccc1=O)Nc1ccccc1Sc1ccccc1. The van der Waals surface area contributed by atoms with E-state index < -0.39 is 29.8 Å². The monoisotopic (exact) mass is 404 g/mol. The molecule has 0 atom stereocenters. The number of carbonyl (C=O) groups is 1. The highest BCUT2D eigenvalue weighted by Gasteiger charge is 2.31. The second-order valence-corrected chi connectivity index (χ2v) is 6.96. The number of carbonyl (C=O) groups excluding carboxylic acids is 1. The quantitative estimate of drug-likeness (QED) is 0.673. The van der Waals surface area contributed by atoms with Crippen LogP contribution >= 0.6 is 11.8 Å². The van der Waals surface area contributed by atoms with Gasteiger partial charge in [0.25, 0.3) is 5.56 Å². The fourth-order valence-electron chi connectivity index (χ4n) is 2.44. The van der Waals surface area contributed by atoms with Crippen LogP contribution in [0, 0.1) is 0 Å². The van der Waals surface area contributed by atoms with Gasteiger partial charge in [-0.3, -0.25) is 9.59 Å². The number of hydrogen-bond acceptors (Lipinski definition) is 3. The largest absolute Gasteiger partial charge is 0.417 e. The van der Waals surface area contributed by atoms with Gasteiger partial charge in [0.1, 0.15) is 6.54 Å². The average Bonchev–Trinajstić information content (AvgIpc) is 2.65. The van der Waals surface area contributed by atoms with E-state index in [1.165, 1.54) is 11.8 Å². The molecule has 0 fully saturated rings. The first-order chi connectivity index (χ1) is 13.3. The summed E-state index contributed by atoms with van der Waals surface area (Å²) in [5, 5.41) is 2.66. The van der Waals surface area contributed by atoms with Crippen LogP contribution in [0.4, 0.5) is 18.9 Å². The van der Waals surface area contributed by atoms with Gasteiger partial charge >= 0.3 is 6.18 Å². The first kappa shape index (κ1) is 19.8. The molecule has 0 aliphatic rings. The van der Waals surface area contributed by atoms with Crippen LogP contribution < -0.4 is 10.9 Å². The lowest BCUT2D eigenvalue weighted by molar-refractivity contribution is -0.138. The molecule has 0 spiro atoms. The normalized spacial score (nSPS) is 11.2. The van der Waals surface area contributed by atoms with Crippen molar-refractivity contribution in [1.82, 2.24) is 4.57 Å². The fraction of sp³-hybridized carbons (Fsp3) is 0.100. The van der Waals surface area contributed by atoms with Crippen LogP contribution in [0.1, 0.15) is 5.56 Å². The van der Waals surface area contributed by atoms with E-state index in [2.05, 4.69) is 5.32 Å². The number of pyridine rings is 1. The molecule has 1 heterocycles. The zero-order valence-electron chi connectivity index (χ0n) is 14.4. The minimum atomic E-state index is -4.59. The molecule has 4 nitrogen and oxygen atoms in total. The molecule has 144 valence electrons. The maximum Gasteiger partial charge on any atom is 0.417 e. The Morgan fingerprint density at radius 3 is 2.36 bits per heavy atom. The highest BCUT2D eigenvalue weighted by molar-refractivity contribution is 7.99. The van der Waals surface area contributed by atoms with Crippen molar-refractivity contribution in [3.8, 4) is 0 Å². The van der Waals surface area contributed by atoms with Crippen molar-refractivity contribution < 1.29 is 18.0 Å². The van der Waals surface area contributed by atoms with Gasteiger partial charge in [0.2, 0.25) is 5.91 Å². The van der Waals surface area contributed by atoms with Gasteiger partial charge < -0.3 is 9.88 Å². The Morgan fingerprint density at radius 2 is 1.64 bits per heavy atom. The third-order valence-corrected chi connectivity index (χ3v) is 4.84. The molecule has 0 aliphatic heterocycles. The van der Waals surface area contributed by atoms with Crippen molar-refractivity contribution in [2.24, 2.45) is 0 Å². The number of amides is 1. The maximum absolute atomic E-state index is 12.8. The van der Waals surface area contributed by atoms with E-state index in [1.54, 1.807) is 12.1 Å². The summed E-state index contributed by atoms with van der Waals surface area (Å²) in [6, 6.07) is 18.1. The number of benzene rings is 2. The highest BCUT2D eigenvalue weighted by Crippen LogP contribution is 2.33. The van der Waals surface area contributed by atoms with Gasteiger partial charge in [-0.15, -0.1) is 0 Å². The van der Waals surface area contributed by atoms with Crippen molar-refractivity contribution in [2.45, 2.75) is 22.5 Å². The minimum Gasteiger partial charge on any atom is -0.324 e. The molecule has 8 heteroatoms. The number of halogens is 3. The summed E-state index contributed by atoms with van der Waals surface area (Å²) in [6.07, 6.45) is -3.95. The third kappa shape index (κ3) is 5.04. The lowest BCUT2D eigenvalue weighted by Crippen LogP contribution is -2.28. The zero-order chi connectivity index (χ0) is 20.1. The lowest BCUT2D eigenvalue weighted by atomic mass is 10.2. The van der Waals surface area contributed by atoms with Crippen LogP contribution in [0.3, 0.4) is 0 Å². The van der Waals surface area contributed by atoms with Crippen molar-refractivity contribution in [3.05, 3.63) is 88.8 Å². The summed E-state index contributed by atoms with van der Waals surface area (Å²) in [5.41, 5.74) is -1.16. The van der Waals surface area contributed by atoms with Crippen LogP contribution in [0.2, 0.25) is 0 Å². The van der Waals surface area contributed by atoms with E-state index >= 15 is 0 Å². The zero-order valence-corrected chi connectivity index (χ0v) is 15.3. The molecule has 3 aromatic rings. The van der Waals surface area contributed by atoms with E-state index in [9.17, 15) is 22.8 Å². The summed E-state index contributed by atoms with van der Waals surface area (Å²) in [6.45, 7) is -0.521.